The topological polar surface area (TPSA) is 72.8 Å². The first-order chi connectivity index (χ1) is 16.4. The maximum atomic E-state index is 13.5. The van der Waals surface area contributed by atoms with E-state index in [1.807, 2.05) is 12.1 Å². The van der Waals surface area contributed by atoms with Crippen molar-refractivity contribution in [2.75, 3.05) is 12.4 Å². The van der Waals surface area contributed by atoms with Crippen LogP contribution in [0.5, 0.6) is 6.01 Å². The van der Waals surface area contributed by atoms with Crippen LogP contribution in [-0.4, -0.2) is 27.0 Å². The van der Waals surface area contributed by atoms with E-state index in [2.05, 4.69) is 37.4 Å². The second-order valence-electron chi connectivity index (χ2n) is 8.25. The highest BCUT2D eigenvalue weighted by Crippen LogP contribution is 2.37. The van der Waals surface area contributed by atoms with Gasteiger partial charge in [-0.2, -0.15) is 23.1 Å². The maximum Gasteiger partial charge on any atom is 0.418 e. The zero-order valence-corrected chi connectivity index (χ0v) is 18.4. The molecule has 0 saturated heterocycles. The molecule has 34 heavy (non-hydrogen) atoms. The van der Waals surface area contributed by atoms with Gasteiger partial charge in [-0.25, -0.2) is 4.98 Å². The summed E-state index contributed by atoms with van der Waals surface area (Å²) in [5.41, 5.74) is 1.31. The van der Waals surface area contributed by atoms with Crippen molar-refractivity contribution in [3.63, 3.8) is 0 Å². The molecule has 0 spiro atoms. The molecule has 4 aromatic rings. The molecule has 1 aliphatic rings. The Labute approximate surface area is 194 Å². The lowest BCUT2D eigenvalue weighted by Gasteiger charge is -2.14. The Hall–Kier alpha value is -3.75. The van der Waals surface area contributed by atoms with E-state index < -0.39 is 11.7 Å². The van der Waals surface area contributed by atoms with Gasteiger partial charge in [0.1, 0.15) is 11.5 Å². The molecule has 0 atom stereocenters. The minimum Gasteiger partial charge on any atom is -0.467 e. The van der Waals surface area contributed by atoms with Gasteiger partial charge in [-0.1, -0.05) is 25.0 Å². The Bertz CT molecular complexity index is 1320. The van der Waals surface area contributed by atoms with Crippen LogP contribution in [0.4, 0.5) is 24.7 Å². The second kappa shape index (κ2) is 8.89. The number of hydrogen-bond acceptors (Lipinski definition) is 6. The van der Waals surface area contributed by atoms with Gasteiger partial charge in [-0.3, -0.25) is 4.98 Å². The molecule has 9 heteroatoms. The van der Waals surface area contributed by atoms with Gasteiger partial charge in [-0.05, 0) is 60.7 Å². The molecule has 3 heterocycles. The molecule has 6 nitrogen and oxygen atoms in total. The van der Waals surface area contributed by atoms with Crippen LogP contribution in [0, 0.1) is 0 Å². The number of aromatic nitrogens is 4. The predicted octanol–water partition coefficient (Wildman–Crippen LogP) is 6.52. The van der Waals surface area contributed by atoms with Crippen molar-refractivity contribution in [2.24, 2.45) is 0 Å². The highest BCUT2D eigenvalue weighted by molar-refractivity contribution is 5.90. The number of nitrogens with one attached hydrogen (secondary N) is 1. The van der Waals surface area contributed by atoms with Gasteiger partial charge in [0.15, 0.2) is 5.65 Å². The molecule has 3 aromatic heterocycles. The number of ether oxygens (including phenoxy) is 1. The summed E-state index contributed by atoms with van der Waals surface area (Å²) in [5.74, 6) is 1.07. The fraction of sp³-hybridized carbons (Fsp3) is 0.280. The normalized spacial score (nSPS) is 14.5. The third kappa shape index (κ3) is 4.37. The number of methoxy groups -OCH3 is 1. The quantitative estimate of drug-likeness (QED) is 0.362. The van der Waals surface area contributed by atoms with Crippen molar-refractivity contribution in [1.82, 2.24) is 19.9 Å². The predicted molar refractivity (Wildman–Crippen MR) is 123 cm³/mol. The summed E-state index contributed by atoms with van der Waals surface area (Å²) in [6.45, 7) is 0. The summed E-state index contributed by atoms with van der Waals surface area (Å²) in [5, 5.41) is 3.82. The Kier molecular flexibility index (Phi) is 5.77. The van der Waals surface area contributed by atoms with Crippen LogP contribution in [0.1, 0.15) is 42.7 Å². The van der Waals surface area contributed by atoms with Crippen molar-refractivity contribution in [3.8, 4) is 17.4 Å². The Morgan fingerprint density at radius 2 is 1.71 bits per heavy atom. The van der Waals surface area contributed by atoms with Gasteiger partial charge in [-0.15, -0.1) is 0 Å². The molecule has 0 aliphatic heterocycles. The third-order valence-electron chi connectivity index (χ3n) is 6.08. The van der Waals surface area contributed by atoms with Crippen molar-refractivity contribution in [1.29, 1.82) is 0 Å². The standard InChI is InChI=1S/C25H22F3N5O/c1-34-24-32-22(30-17-10-8-16(9-11-17)15-5-2-3-6-15)18-12-13-20(31-23(18)33-24)21-19(25(26,27)28)7-4-14-29-21/h4,7-15H,2-3,5-6H2,1H3,(H,30,31,32,33). The van der Waals surface area contributed by atoms with E-state index in [0.29, 0.717) is 17.1 Å². The van der Waals surface area contributed by atoms with E-state index in [-0.39, 0.29) is 23.0 Å². The number of anilines is 2. The average molecular weight is 465 g/mol. The summed E-state index contributed by atoms with van der Waals surface area (Å²) in [7, 11) is 1.42. The van der Waals surface area contributed by atoms with Crippen LogP contribution in [-0.2, 0) is 6.18 Å². The van der Waals surface area contributed by atoms with Crippen molar-refractivity contribution >= 4 is 22.5 Å². The van der Waals surface area contributed by atoms with Crippen LogP contribution < -0.4 is 10.1 Å². The lowest BCUT2D eigenvalue weighted by Crippen LogP contribution is -2.09. The molecule has 0 unspecified atom stereocenters. The Balaban J connectivity index is 1.51. The molecular formula is C25H22F3N5O. The summed E-state index contributed by atoms with van der Waals surface area (Å²) >= 11 is 0. The SMILES string of the molecule is COc1nc(Nc2ccc(C3CCCC3)cc2)c2ccc(-c3ncccc3C(F)(F)F)nc2n1. The summed E-state index contributed by atoms with van der Waals surface area (Å²) < 4.78 is 45.6. The second-order valence-corrected chi connectivity index (χ2v) is 8.25. The zero-order valence-electron chi connectivity index (χ0n) is 18.4. The molecule has 174 valence electrons. The number of hydrogen-bond donors (Lipinski definition) is 1. The van der Waals surface area contributed by atoms with Gasteiger partial charge in [0.25, 0.3) is 0 Å². The Morgan fingerprint density at radius 3 is 2.41 bits per heavy atom. The molecule has 0 amide bonds. The fourth-order valence-electron chi connectivity index (χ4n) is 4.38. The van der Waals surface area contributed by atoms with Crippen molar-refractivity contribution < 1.29 is 17.9 Å². The molecule has 0 radical (unpaired) electrons. The molecule has 1 aliphatic carbocycles. The molecule has 5 rings (SSSR count). The van der Waals surface area contributed by atoms with E-state index >= 15 is 0 Å². The van der Waals surface area contributed by atoms with Crippen LogP contribution in [0.25, 0.3) is 22.4 Å². The number of fused-ring (bicyclic) bond motifs is 1. The molecular weight excluding hydrogens is 443 g/mol. The van der Waals surface area contributed by atoms with Crippen LogP contribution in [0.2, 0.25) is 0 Å². The highest BCUT2D eigenvalue weighted by atomic mass is 19.4. The Morgan fingerprint density at radius 1 is 0.941 bits per heavy atom. The van der Waals surface area contributed by atoms with Crippen LogP contribution in [0.3, 0.4) is 0 Å². The molecule has 1 N–H and O–H groups in total. The van der Waals surface area contributed by atoms with Gasteiger partial charge < -0.3 is 10.1 Å². The molecule has 1 fully saturated rings. The van der Waals surface area contributed by atoms with Gasteiger partial charge in [0.05, 0.1) is 23.8 Å². The van der Waals surface area contributed by atoms with Crippen LogP contribution in [0.15, 0.2) is 54.7 Å². The largest absolute Gasteiger partial charge is 0.467 e. The minimum absolute atomic E-state index is 0.0549. The van der Waals surface area contributed by atoms with E-state index in [4.69, 9.17) is 4.74 Å². The summed E-state index contributed by atoms with van der Waals surface area (Å²) in [6, 6.07) is 13.7. The van der Waals surface area contributed by atoms with E-state index in [9.17, 15) is 13.2 Å². The third-order valence-corrected chi connectivity index (χ3v) is 6.08. The number of alkyl halides is 3. The molecule has 1 aromatic carbocycles. The smallest absolute Gasteiger partial charge is 0.418 e. The van der Waals surface area contributed by atoms with Gasteiger partial charge >= 0.3 is 12.2 Å². The van der Waals surface area contributed by atoms with E-state index in [1.165, 1.54) is 56.7 Å². The van der Waals surface area contributed by atoms with Crippen molar-refractivity contribution in [2.45, 2.75) is 37.8 Å². The number of pyridine rings is 2. The number of rotatable bonds is 5. The zero-order chi connectivity index (χ0) is 23.7. The number of nitrogens with zero attached hydrogens (tertiary/aromatic N) is 4. The minimum atomic E-state index is -4.55. The lowest BCUT2D eigenvalue weighted by atomic mass is 9.98. The van der Waals surface area contributed by atoms with Gasteiger partial charge in [0, 0.05) is 11.9 Å². The first kappa shape index (κ1) is 22.1. The number of benzene rings is 1. The van der Waals surface area contributed by atoms with Crippen molar-refractivity contribution in [3.05, 3.63) is 65.9 Å². The summed E-state index contributed by atoms with van der Waals surface area (Å²) in [6.07, 6.45) is 1.74. The average Bonchev–Trinajstić information content (AvgIpc) is 3.38. The lowest BCUT2D eigenvalue weighted by molar-refractivity contribution is -0.137. The maximum absolute atomic E-state index is 13.5. The van der Waals surface area contributed by atoms with E-state index in [0.717, 1.165) is 11.8 Å². The first-order valence-electron chi connectivity index (χ1n) is 11.0. The van der Waals surface area contributed by atoms with Crippen LogP contribution >= 0.6 is 0 Å². The monoisotopic (exact) mass is 465 g/mol. The number of halogens is 3. The molecule has 0 bridgehead atoms. The summed E-state index contributed by atoms with van der Waals surface area (Å²) in [4.78, 5) is 16.9. The first-order valence-corrected chi connectivity index (χ1v) is 11.0. The van der Waals surface area contributed by atoms with E-state index in [1.54, 1.807) is 6.07 Å². The fourth-order valence-corrected chi connectivity index (χ4v) is 4.38. The molecule has 1 saturated carbocycles. The van der Waals surface area contributed by atoms with Gasteiger partial charge in [0.2, 0.25) is 0 Å². The highest BCUT2D eigenvalue weighted by Gasteiger charge is 2.34.